The highest BCUT2D eigenvalue weighted by Crippen LogP contribution is 2.15. The molecule has 1 N–H and O–H groups in total. The molecule has 3 heteroatoms. The number of carbonyl (C=O) groups excluding carboxylic acids is 1. The van der Waals surface area contributed by atoms with Crippen LogP contribution in [-0.4, -0.2) is 36.5 Å². The monoisotopic (exact) mass is 212 g/mol. The lowest BCUT2D eigenvalue weighted by atomic mass is 10.00. The van der Waals surface area contributed by atoms with Gasteiger partial charge in [0.25, 0.3) is 0 Å². The average molecular weight is 212 g/mol. The van der Waals surface area contributed by atoms with Crippen molar-refractivity contribution in [3.63, 3.8) is 0 Å². The molecule has 0 aromatic rings. The summed E-state index contributed by atoms with van der Waals surface area (Å²) in [6.45, 7) is 9.17. The fourth-order valence-corrected chi connectivity index (χ4v) is 2.04. The number of nitrogens with zero attached hydrogens (tertiary/aromatic N) is 1. The molecule has 1 rings (SSSR count). The SMILES string of the molecule is CC1CCCN(C(=O)CCNC(C)C)C1. The Balaban J connectivity index is 2.21. The second kappa shape index (κ2) is 6.11. The number of piperidine rings is 1. The number of amides is 1. The van der Waals surface area contributed by atoms with E-state index < -0.39 is 0 Å². The van der Waals surface area contributed by atoms with Crippen molar-refractivity contribution < 1.29 is 4.79 Å². The third-order valence-corrected chi connectivity index (χ3v) is 2.90. The standard InChI is InChI=1S/C12H24N2O/c1-10(2)13-7-6-12(15)14-8-4-5-11(3)9-14/h10-11,13H,4-9H2,1-3H3. The molecule has 0 saturated carbocycles. The van der Waals surface area contributed by atoms with E-state index in [2.05, 4.69) is 26.1 Å². The maximum Gasteiger partial charge on any atom is 0.223 e. The first-order valence-electron chi connectivity index (χ1n) is 6.10. The van der Waals surface area contributed by atoms with Crippen LogP contribution in [0, 0.1) is 5.92 Å². The van der Waals surface area contributed by atoms with Gasteiger partial charge in [-0.05, 0) is 18.8 Å². The van der Waals surface area contributed by atoms with Crippen molar-refractivity contribution in [2.45, 2.75) is 46.1 Å². The fourth-order valence-electron chi connectivity index (χ4n) is 2.04. The zero-order chi connectivity index (χ0) is 11.3. The van der Waals surface area contributed by atoms with Gasteiger partial charge in [0, 0.05) is 32.1 Å². The molecular formula is C12H24N2O. The molecule has 1 unspecified atom stereocenters. The van der Waals surface area contributed by atoms with E-state index in [4.69, 9.17) is 0 Å². The van der Waals surface area contributed by atoms with Gasteiger partial charge >= 0.3 is 0 Å². The molecule has 1 heterocycles. The molecule has 0 aliphatic carbocycles. The Kier molecular flexibility index (Phi) is 5.09. The van der Waals surface area contributed by atoms with Gasteiger partial charge in [-0.1, -0.05) is 20.8 Å². The first-order valence-corrected chi connectivity index (χ1v) is 6.10. The molecule has 0 radical (unpaired) electrons. The molecule has 1 atom stereocenters. The van der Waals surface area contributed by atoms with Crippen molar-refractivity contribution in [3.8, 4) is 0 Å². The molecule has 0 aromatic heterocycles. The van der Waals surface area contributed by atoms with Crippen LogP contribution in [0.2, 0.25) is 0 Å². The number of hydrogen-bond acceptors (Lipinski definition) is 2. The van der Waals surface area contributed by atoms with E-state index in [-0.39, 0.29) is 0 Å². The van der Waals surface area contributed by atoms with Crippen LogP contribution in [0.25, 0.3) is 0 Å². The van der Waals surface area contributed by atoms with Crippen molar-refractivity contribution in [3.05, 3.63) is 0 Å². The van der Waals surface area contributed by atoms with Crippen LogP contribution >= 0.6 is 0 Å². The summed E-state index contributed by atoms with van der Waals surface area (Å²) in [7, 11) is 0. The summed E-state index contributed by atoms with van der Waals surface area (Å²) in [5.41, 5.74) is 0. The molecule has 0 aromatic carbocycles. The van der Waals surface area contributed by atoms with Crippen LogP contribution in [0.5, 0.6) is 0 Å². The summed E-state index contributed by atoms with van der Waals surface area (Å²) in [4.78, 5) is 13.8. The normalized spacial score (nSPS) is 22.1. The van der Waals surface area contributed by atoms with Gasteiger partial charge in [-0.15, -0.1) is 0 Å². The molecular weight excluding hydrogens is 188 g/mol. The predicted molar refractivity (Wildman–Crippen MR) is 62.7 cm³/mol. The van der Waals surface area contributed by atoms with E-state index in [1.54, 1.807) is 0 Å². The average Bonchev–Trinajstić information content (AvgIpc) is 2.17. The Bertz CT molecular complexity index is 204. The summed E-state index contributed by atoms with van der Waals surface area (Å²) < 4.78 is 0. The van der Waals surface area contributed by atoms with Gasteiger partial charge in [-0.25, -0.2) is 0 Å². The molecule has 88 valence electrons. The first kappa shape index (κ1) is 12.5. The lowest BCUT2D eigenvalue weighted by Crippen LogP contribution is -2.40. The van der Waals surface area contributed by atoms with Crippen molar-refractivity contribution in [2.24, 2.45) is 5.92 Å². The van der Waals surface area contributed by atoms with E-state index in [0.29, 0.717) is 24.3 Å². The van der Waals surface area contributed by atoms with E-state index >= 15 is 0 Å². The Morgan fingerprint density at radius 3 is 2.87 bits per heavy atom. The highest BCUT2D eigenvalue weighted by Gasteiger charge is 2.20. The van der Waals surface area contributed by atoms with Crippen LogP contribution in [-0.2, 0) is 4.79 Å². The van der Waals surface area contributed by atoms with Crippen molar-refractivity contribution in [2.75, 3.05) is 19.6 Å². The molecule has 1 saturated heterocycles. The number of rotatable bonds is 4. The van der Waals surface area contributed by atoms with Crippen LogP contribution in [0.3, 0.4) is 0 Å². The Morgan fingerprint density at radius 2 is 2.27 bits per heavy atom. The van der Waals surface area contributed by atoms with Gasteiger partial charge in [0.15, 0.2) is 0 Å². The lowest BCUT2D eigenvalue weighted by Gasteiger charge is -2.31. The largest absolute Gasteiger partial charge is 0.342 e. The quantitative estimate of drug-likeness (QED) is 0.768. The maximum atomic E-state index is 11.8. The van der Waals surface area contributed by atoms with Gasteiger partial charge in [0.1, 0.15) is 0 Å². The van der Waals surface area contributed by atoms with Gasteiger partial charge in [0.2, 0.25) is 5.91 Å². The lowest BCUT2D eigenvalue weighted by molar-refractivity contribution is -0.132. The predicted octanol–water partition coefficient (Wildman–Crippen LogP) is 1.63. The van der Waals surface area contributed by atoms with Gasteiger partial charge in [-0.3, -0.25) is 4.79 Å². The van der Waals surface area contributed by atoms with Gasteiger partial charge in [0.05, 0.1) is 0 Å². The van der Waals surface area contributed by atoms with E-state index in [1.165, 1.54) is 12.8 Å². The zero-order valence-electron chi connectivity index (χ0n) is 10.3. The van der Waals surface area contributed by atoms with Crippen molar-refractivity contribution >= 4 is 5.91 Å². The second-order valence-corrected chi connectivity index (χ2v) is 4.95. The van der Waals surface area contributed by atoms with Crippen LogP contribution in [0.15, 0.2) is 0 Å². The molecule has 0 bridgehead atoms. The number of likely N-dealkylation sites (tertiary alicyclic amines) is 1. The van der Waals surface area contributed by atoms with Crippen LogP contribution < -0.4 is 5.32 Å². The minimum absolute atomic E-state index is 0.315. The topological polar surface area (TPSA) is 32.3 Å². The summed E-state index contributed by atoms with van der Waals surface area (Å²) >= 11 is 0. The molecule has 15 heavy (non-hydrogen) atoms. The fraction of sp³-hybridized carbons (Fsp3) is 0.917. The molecule has 1 aliphatic rings. The highest BCUT2D eigenvalue weighted by molar-refractivity contribution is 5.76. The van der Waals surface area contributed by atoms with Crippen LogP contribution in [0.4, 0.5) is 0 Å². The van der Waals surface area contributed by atoms with Crippen molar-refractivity contribution in [1.29, 1.82) is 0 Å². The Morgan fingerprint density at radius 1 is 1.53 bits per heavy atom. The Labute approximate surface area is 93.2 Å². The minimum Gasteiger partial charge on any atom is -0.342 e. The summed E-state index contributed by atoms with van der Waals surface area (Å²) in [6, 6.07) is 0.470. The Hall–Kier alpha value is -0.570. The first-order chi connectivity index (χ1) is 7.09. The minimum atomic E-state index is 0.315. The third-order valence-electron chi connectivity index (χ3n) is 2.90. The zero-order valence-corrected chi connectivity index (χ0v) is 10.3. The van der Waals surface area contributed by atoms with E-state index in [9.17, 15) is 4.79 Å². The molecule has 1 amide bonds. The second-order valence-electron chi connectivity index (χ2n) is 4.95. The highest BCUT2D eigenvalue weighted by atomic mass is 16.2. The number of nitrogens with one attached hydrogen (secondary N) is 1. The molecule has 0 spiro atoms. The van der Waals surface area contributed by atoms with Gasteiger partial charge in [-0.2, -0.15) is 0 Å². The third kappa shape index (κ3) is 4.65. The molecule has 3 nitrogen and oxygen atoms in total. The van der Waals surface area contributed by atoms with Crippen LogP contribution in [0.1, 0.15) is 40.0 Å². The summed E-state index contributed by atoms with van der Waals surface area (Å²) in [5, 5.41) is 3.28. The molecule has 1 fully saturated rings. The summed E-state index contributed by atoms with van der Waals surface area (Å²) in [5.74, 6) is 0.996. The van der Waals surface area contributed by atoms with E-state index in [0.717, 1.165) is 19.6 Å². The van der Waals surface area contributed by atoms with Crippen molar-refractivity contribution in [1.82, 2.24) is 10.2 Å². The number of hydrogen-bond donors (Lipinski definition) is 1. The summed E-state index contributed by atoms with van der Waals surface area (Å²) in [6.07, 6.45) is 3.09. The van der Waals surface area contributed by atoms with Gasteiger partial charge < -0.3 is 10.2 Å². The number of carbonyl (C=O) groups is 1. The maximum absolute atomic E-state index is 11.8. The smallest absolute Gasteiger partial charge is 0.223 e. The molecule has 1 aliphatic heterocycles. The van der Waals surface area contributed by atoms with E-state index in [1.807, 2.05) is 4.90 Å².